The Labute approximate surface area is 419 Å². The zero-order valence-electron chi connectivity index (χ0n) is 42.0. The molecule has 0 radical (unpaired) electrons. The number of carbonyl (C=O) groups is 6. The second kappa shape index (κ2) is 21.6. The van der Waals surface area contributed by atoms with Crippen molar-refractivity contribution in [2.75, 3.05) is 27.3 Å². The van der Waals surface area contributed by atoms with Gasteiger partial charge in [0.2, 0.25) is 11.8 Å². The quantitative estimate of drug-likeness (QED) is 0.113. The van der Waals surface area contributed by atoms with E-state index in [-0.39, 0.29) is 35.5 Å². The van der Waals surface area contributed by atoms with E-state index in [4.69, 9.17) is 19.4 Å². The summed E-state index contributed by atoms with van der Waals surface area (Å²) < 4.78 is 12.9. The molecule has 0 aliphatic carbocycles. The molecule has 16 heteroatoms. The second-order valence-corrected chi connectivity index (χ2v) is 19.3. The first-order valence-corrected chi connectivity index (χ1v) is 24.5. The number of nitrogens with one attached hydrogen (secondary N) is 2. The lowest BCUT2D eigenvalue weighted by Crippen LogP contribution is -2.51. The number of amides is 4. The largest absolute Gasteiger partial charge is 0.453 e. The summed E-state index contributed by atoms with van der Waals surface area (Å²) in [6, 6.07) is 27.7. The number of imidazole rings is 2. The van der Waals surface area contributed by atoms with Gasteiger partial charge in [0.25, 0.3) is 11.8 Å². The van der Waals surface area contributed by atoms with Crippen LogP contribution in [0.25, 0.3) is 33.6 Å². The average Bonchev–Trinajstić information content (AvgIpc) is 4.23. The van der Waals surface area contributed by atoms with E-state index in [0.717, 1.165) is 33.4 Å². The summed E-state index contributed by atoms with van der Waals surface area (Å²) in [6.07, 6.45) is 4.51. The maximum Gasteiger partial charge on any atom is 0.407 e. The molecule has 2 aliphatic heterocycles. The molecule has 0 unspecified atom stereocenters. The Balaban J connectivity index is 1.11. The Morgan fingerprint density at radius 1 is 0.514 bits per heavy atom. The molecular formula is C56H62N8O8. The summed E-state index contributed by atoms with van der Waals surface area (Å²) in [4.78, 5) is 95.1. The molecule has 2 aliphatic rings. The smallest absolute Gasteiger partial charge is 0.407 e. The number of rotatable bonds is 13. The fraction of sp³-hybridized carbons (Fsp3) is 0.357. The van der Waals surface area contributed by atoms with Gasteiger partial charge in [-0.2, -0.15) is 0 Å². The summed E-state index contributed by atoms with van der Waals surface area (Å²) in [5.74, 6) is -0.680. The molecule has 374 valence electrons. The van der Waals surface area contributed by atoms with Gasteiger partial charge in [-0.1, -0.05) is 112 Å². The minimum absolute atomic E-state index is 0.226. The van der Waals surface area contributed by atoms with Crippen LogP contribution in [0, 0.1) is 25.7 Å². The number of alkyl carbamates (subject to hydrolysis) is 2. The van der Waals surface area contributed by atoms with Gasteiger partial charge in [0, 0.05) is 35.3 Å². The summed E-state index contributed by atoms with van der Waals surface area (Å²) in [5.41, 5.74) is 7.36. The number of nitrogens with zero attached hydrogens (tertiary/aromatic N) is 6. The number of aryl methyl sites for hydroxylation is 2. The standard InChI is InChI=1S/C56H62N8O8/c1-33(2)47(59-55(69)71-7)53(67)61-29-9-11-43(61)49-57-31-45(63(49)51(65)41-17-13-35(5)14-18-41)39-25-21-37(22-26-39)38-23-27-40(28-24-38)46-32-58-50(64(46)52(66)42-19-15-36(6)16-20-42)44-12-10-30-62(44)54(68)48(34(3)4)60-56(70)72-8/h13-28,31-34,43-44,47-48H,9-12,29-30H2,1-8H3,(H,59,69)(H,60,70)/t43-,44-,47+,48+/m1/s1. The van der Waals surface area contributed by atoms with Gasteiger partial charge >= 0.3 is 12.2 Å². The van der Waals surface area contributed by atoms with Crippen LogP contribution in [0.3, 0.4) is 0 Å². The molecule has 4 amide bonds. The highest BCUT2D eigenvalue weighted by atomic mass is 16.5. The molecule has 4 heterocycles. The highest BCUT2D eigenvalue weighted by Gasteiger charge is 2.41. The summed E-state index contributed by atoms with van der Waals surface area (Å²) >= 11 is 0. The molecule has 72 heavy (non-hydrogen) atoms. The molecule has 6 aromatic rings. The van der Waals surface area contributed by atoms with Gasteiger partial charge in [-0.25, -0.2) is 19.6 Å². The fourth-order valence-corrected chi connectivity index (χ4v) is 9.71. The Morgan fingerprint density at radius 3 is 1.17 bits per heavy atom. The molecular weight excluding hydrogens is 913 g/mol. The van der Waals surface area contributed by atoms with Gasteiger partial charge in [0.05, 0.1) is 50.1 Å². The van der Waals surface area contributed by atoms with E-state index in [2.05, 4.69) is 10.6 Å². The molecule has 0 bridgehead atoms. The minimum Gasteiger partial charge on any atom is -0.453 e. The molecule has 2 fully saturated rings. The van der Waals surface area contributed by atoms with Crippen molar-refractivity contribution < 1.29 is 38.2 Å². The summed E-state index contributed by atoms with van der Waals surface area (Å²) in [5, 5.41) is 5.40. The Morgan fingerprint density at radius 2 is 0.847 bits per heavy atom. The second-order valence-electron chi connectivity index (χ2n) is 19.3. The minimum atomic E-state index is -0.835. The van der Waals surface area contributed by atoms with Crippen LogP contribution >= 0.6 is 0 Å². The monoisotopic (exact) mass is 974 g/mol. The highest BCUT2D eigenvalue weighted by Crippen LogP contribution is 2.38. The molecule has 4 atom stereocenters. The SMILES string of the molecule is COC(=O)N[C@H](C(=O)N1CCC[C@@H]1c1ncc(-c2ccc(-c3ccc(-c4cnc([C@H]5CCCN5C(=O)[C@@H](NC(=O)OC)C(C)C)n4C(=O)c4ccc(C)cc4)cc3)cc2)n1C(=O)c1ccc(C)cc1)C(C)C. The van der Waals surface area contributed by atoms with Gasteiger partial charge in [0.1, 0.15) is 23.7 Å². The number of ether oxygens (including phenoxy) is 2. The lowest BCUT2D eigenvalue weighted by Gasteiger charge is -2.30. The van der Waals surface area contributed by atoms with E-state index < -0.39 is 36.4 Å². The fourth-order valence-electron chi connectivity index (χ4n) is 9.71. The molecule has 2 N–H and O–H groups in total. The third-order valence-electron chi connectivity index (χ3n) is 13.7. The Hall–Kier alpha value is -7.88. The number of hydrogen-bond acceptors (Lipinski definition) is 10. The summed E-state index contributed by atoms with van der Waals surface area (Å²) in [7, 11) is 2.52. The molecule has 4 aromatic carbocycles. The van der Waals surface area contributed by atoms with E-state index in [0.29, 0.717) is 72.9 Å². The number of benzene rings is 4. The van der Waals surface area contributed by atoms with Crippen LogP contribution < -0.4 is 10.6 Å². The van der Waals surface area contributed by atoms with Crippen LogP contribution in [0.1, 0.15) is 109 Å². The van der Waals surface area contributed by atoms with Crippen LogP contribution in [0.2, 0.25) is 0 Å². The third-order valence-corrected chi connectivity index (χ3v) is 13.7. The third kappa shape index (κ3) is 10.3. The molecule has 8 rings (SSSR count). The van der Waals surface area contributed by atoms with Crippen molar-refractivity contribution in [2.24, 2.45) is 11.8 Å². The van der Waals surface area contributed by atoms with E-state index in [1.807, 2.05) is 114 Å². The van der Waals surface area contributed by atoms with Gasteiger partial charge < -0.3 is 29.9 Å². The van der Waals surface area contributed by atoms with E-state index in [1.165, 1.54) is 14.2 Å². The number of aromatic nitrogens is 4. The van der Waals surface area contributed by atoms with Crippen molar-refractivity contribution >= 4 is 35.8 Å². The number of hydrogen-bond donors (Lipinski definition) is 2. The Bertz CT molecular complexity index is 2760. The topological polar surface area (TPSA) is 187 Å². The first-order valence-electron chi connectivity index (χ1n) is 24.5. The van der Waals surface area contributed by atoms with Crippen molar-refractivity contribution in [2.45, 2.75) is 91.4 Å². The first-order chi connectivity index (χ1) is 34.6. The van der Waals surface area contributed by atoms with Crippen molar-refractivity contribution in [3.63, 3.8) is 0 Å². The average molecular weight is 975 g/mol. The molecule has 2 saturated heterocycles. The number of carbonyl (C=O) groups excluding carboxylic acids is 6. The zero-order chi connectivity index (χ0) is 51.4. The Kier molecular flexibility index (Phi) is 15.2. The number of methoxy groups -OCH3 is 2. The molecule has 2 aromatic heterocycles. The normalized spacial score (nSPS) is 16.4. The van der Waals surface area contributed by atoms with Crippen LogP contribution in [0.15, 0.2) is 109 Å². The molecule has 0 spiro atoms. The van der Waals surface area contributed by atoms with Crippen molar-refractivity contribution in [3.8, 4) is 33.6 Å². The van der Waals surface area contributed by atoms with Crippen LogP contribution in [0.5, 0.6) is 0 Å². The maximum absolute atomic E-state index is 14.6. The predicted molar refractivity (Wildman–Crippen MR) is 272 cm³/mol. The van der Waals surface area contributed by atoms with Crippen molar-refractivity contribution in [1.82, 2.24) is 39.5 Å². The number of likely N-dealkylation sites (tertiary alicyclic amines) is 2. The van der Waals surface area contributed by atoms with Crippen LogP contribution in [-0.2, 0) is 19.1 Å². The van der Waals surface area contributed by atoms with E-state index in [1.54, 1.807) is 55.6 Å². The predicted octanol–water partition coefficient (Wildman–Crippen LogP) is 9.16. The van der Waals surface area contributed by atoms with Crippen molar-refractivity contribution in [1.29, 1.82) is 0 Å². The van der Waals surface area contributed by atoms with Gasteiger partial charge in [-0.3, -0.25) is 28.3 Å². The zero-order valence-corrected chi connectivity index (χ0v) is 42.0. The lowest BCUT2D eigenvalue weighted by molar-refractivity contribution is -0.136. The maximum atomic E-state index is 14.6. The summed E-state index contributed by atoms with van der Waals surface area (Å²) in [6.45, 7) is 12.2. The van der Waals surface area contributed by atoms with Crippen LogP contribution in [0.4, 0.5) is 9.59 Å². The van der Waals surface area contributed by atoms with Gasteiger partial charge in [0.15, 0.2) is 0 Å². The lowest BCUT2D eigenvalue weighted by atomic mass is 10.0. The van der Waals surface area contributed by atoms with Crippen molar-refractivity contribution in [3.05, 3.63) is 143 Å². The van der Waals surface area contributed by atoms with E-state index >= 15 is 0 Å². The van der Waals surface area contributed by atoms with Crippen LogP contribution in [-0.4, -0.2) is 104 Å². The molecule has 16 nitrogen and oxygen atoms in total. The molecule has 0 saturated carbocycles. The van der Waals surface area contributed by atoms with Gasteiger partial charge in [-0.15, -0.1) is 0 Å². The van der Waals surface area contributed by atoms with E-state index in [9.17, 15) is 28.8 Å². The van der Waals surface area contributed by atoms with Gasteiger partial charge in [-0.05, 0) is 86.8 Å². The first kappa shape index (κ1) is 50.5. The highest BCUT2D eigenvalue weighted by molar-refractivity contribution is 6.00.